The molecule has 1 unspecified atom stereocenters. The maximum absolute atomic E-state index is 9.07. The molecule has 3 nitrogen and oxygen atoms in total. The van der Waals surface area contributed by atoms with Crippen LogP contribution in [0.3, 0.4) is 0 Å². The third-order valence-corrected chi connectivity index (χ3v) is 4.25. The molecule has 0 spiro atoms. The third kappa shape index (κ3) is 3.69. The summed E-state index contributed by atoms with van der Waals surface area (Å²) in [6, 6.07) is 2.46. The third-order valence-electron chi connectivity index (χ3n) is 4.25. The van der Waals surface area contributed by atoms with Crippen molar-refractivity contribution in [3.05, 3.63) is 0 Å². The molecular weight excluding hydrogens is 212 g/mol. The van der Waals surface area contributed by atoms with E-state index in [0.29, 0.717) is 6.10 Å². The van der Waals surface area contributed by atoms with Crippen LogP contribution in [0.2, 0.25) is 0 Å². The minimum Gasteiger partial charge on any atom is -0.378 e. The molecule has 0 aromatic heterocycles. The van der Waals surface area contributed by atoms with Crippen LogP contribution in [0, 0.1) is 16.7 Å². The van der Waals surface area contributed by atoms with Gasteiger partial charge in [0, 0.05) is 6.61 Å². The van der Waals surface area contributed by atoms with E-state index in [-0.39, 0.29) is 5.41 Å². The summed E-state index contributed by atoms with van der Waals surface area (Å²) in [5.74, 6) is 0. The second-order valence-corrected chi connectivity index (χ2v) is 5.79. The Morgan fingerprint density at radius 3 is 2.76 bits per heavy atom. The van der Waals surface area contributed by atoms with Crippen LogP contribution in [0.4, 0.5) is 0 Å². The Kier molecular flexibility index (Phi) is 4.42. The number of likely N-dealkylation sites (tertiary alicyclic amines) is 1. The number of nitriles is 1. The lowest BCUT2D eigenvalue weighted by Crippen LogP contribution is -2.38. The van der Waals surface area contributed by atoms with Gasteiger partial charge in [0.05, 0.1) is 17.6 Å². The molecule has 2 rings (SSSR count). The van der Waals surface area contributed by atoms with E-state index in [4.69, 9.17) is 10.00 Å². The highest BCUT2D eigenvalue weighted by Gasteiger charge is 2.29. The summed E-state index contributed by atoms with van der Waals surface area (Å²) in [6.45, 7) is 6.43. The first-order valence-electron chi connectivity index (χ1n) is 6.97. The molecule has 2 aliphatic rings. The molecule has 0 aromatic rings. The lowest BCUT2D eigenvalue weighted by Gasteiger charge is -2.35. The second-order valence-electron chi connectivity index (χ2n) is 5.79. The largest absolute Gasteiger partial charge is 0.378 e. The monoisotopic (exact) mass is 236 g/mol. The first kappa shape index (κ1) is 12.9. The Labute approximate surface area is 105 Å². The summed E-state index contributed by atoms with van der Waals surface area (Å²) < 4.78 is 5.63. The maximum Gasteiger partial charge on any atom is 0.0687 e. The number of hydrogen-bond donors (Lipinski definition) is 0. The van der Waals surface area contributed by atoms with Gasteiger partial charge in [-0.2, -0.15) is 5.26 Å². The fourth-order valence-corrected chi connectivity index (χ4v) is 2.80. The van der Waals surface area contributed by atoms with Gasteiger partial charge >= 0.3 is 0 Å². The molecule has 0 aliphatic carbocycles. The van der Waals surface area contributed by atoms with Crippen molar-refractivity contribution >= 4 is 0 Å². The molecule has 0 bridgehead atoms. The summed E-state index contributed by atoms with van der Waals surface area (Å²) in [5.41, 5.74) is -0.0644. The molecule has 2 saturated heterocycles. The van der Waals surface area contributed by atoms with E-state index in [2.05, 4.69) is 17.9 Å². The van der Waals surface area contributed by atoms with Crippen molar-refractivity contribution in [1.29, 1.82) is 5.26 Å². The van der Waals surface area contributed by atoms with Gasteiger partial charge in [0.1, 0.15) is 0 Å². The van der Waals surface area contributed by atoms with Crippen LogP contribution in [0.15, 0.2) is 0 Å². The van der Waals surface area contributed by atoms with E-state index < -0.39 is 0 Å². The molecule has 0 aromatic carbocycles. The molecule has 2 aliphatic heterocycles. The molecule has 2 heterocycles. The summed E-state index contributed by atoms with van der Waals surface area (Å²) in [7, 11) is 0. The Morgan fingerprint density at radius 2 is 2.18 bits per heavy atom. The zero-order valence-electron chi connectivity index (χ0n) is 11.0. The van der Waals surface area contributed by atoms with Gasteiger partial charge in [-0.15, -0.1) is 0 Å². The standard InChI is InChI=1S/C14H24N2O/c1-14(12-15)6-9-16(10-7-14)8-2-4-13-5-3-11-17-13/h13H,2-11H2,1H3. The zero-order valence-corrected chi connectivity index (χ0v) is 11.0. The van der Waals surface area contributed by atoms with E-state index in [1.54, 1.807) is 0 Å². The minimum atomic E-state index is -0.0644. The highest BCUT2D eigenvalue weighted by Crippen LogP contribution is 2.29. The van der Waals surface area contributed by atoms with Crippen molar-refractivity contribution in [3.8, 4) is 6.07 Å². The highest BCUT2D eigenvalue weighted by atomic mass is 16.5. The van der Waals surface area contributed by atoms with Crippen molar-refractivity contribution < 1.29 is 4.74 Å². The fourth-order valence-electron chi connectivity index (χ4n) is 2.80. The van der Waals surface area contributed by atoms with E-state index >= 15 is 0 Å². The van der Waals surface area contributed by atoms with Gasteiger partial charge in [-0.3, -0.25) is 0 Å². The zero-order chi connectivity index (χ0) is 12.1. The topological polar surface area (TPSA) is 36.3 Å². The molecule has 0 saturated carbocycles. The van der Waals surface area contributed by atoms with Gasteiger partial charge in [-0.1, -0.05) is 0 Å². The molecule has 96 valence electrons. The number of nitrogens with zero attached hydrogens (tertiary/aromatic N) is 2. The smallest absolute Gasteiger partial charge is 0.0687 e. The SMILES string of the molecule is CC1(C#N)CCN(CCCC2CCCO2)CC1. The van der Waals surface area contributed by atoms with Gasteiger partial charge in [-0.25, -0.2) is 0 Å². The van der Waals surface area contributed by atoms with Gasteiger partial charge in [0.2, 0.25) is 0 Å². The van der Waals surface area contributed by atoms with E-state index in [9.17, 15) is 0 Å². The molecule has 0 N–H and O–H groups in total. The number of ether oxygens (including phenoxy) is 1. The van der Waals surface area contributed by atoms with Crippen molar-refractivity contribution in [2.24, 2.45) is 5.41 Å². The summed E-state index contributed by atoms with van der Waals surface area (Å²) in [5, 5.41) is 9.07. The molecule has 0 amide bonds. The van der Waals surface area contributed by atoms with Crippen LogP contribution < -0.4 is 0 Å². The molecule has 1 atom stereocenters. The molecule has 17 heavy (non-hydrogen) atoms. The first-order chi connectivity index (χ1) is 8.22. The van der Waals surface area contributed by atoms with Gasteiger partial charge < -0.3 is 9.64 Å². The number of piperidine rings is 1. The van der Waals surface area contributed by atoms with Gasteiger partial charge in [0.25, 0.3) is 0 Å². The highest BCUT2D eigenvalue weighted by molar-refractivity contribution is 4.98. The second kappa shape index (κ2) is 5.84. The Balaban J connectivity index is 1.60. The van der Waals surface area contributed by atoms with Crippen LogP contribution in [-0.2, 0) is 4.74 Å². The molecule has 0 radical (unpaired) electrons. The van der Waals surface area contributed by atoms with Crippen LogP contribution in [-0.4, -0.2) is 37.2 Å². The van der Waals surface area contributed by atoms with E-state index in [1.807, 2.05) is 0 Å². The predicted octanol–water partition coefficient (Wildman–Crippen LogP) is 2.57. The van der Waals surface area contributed by atoms with Crippen molar-refractivity contribution in [1.82, 2.24) is 4.90 Å². The summed E-state index contributed by atoms with van der Waals surface area (Å²) >= 11 is 0. The predicted molar refractivity (Wildman–Crippen MR) is 67.6 cm³/mol. The van der Waals surface area contributed by atoms with Crippen molar-refractivity contribution in [2.75, 3.05) is 26.2 Å². The van der Waals surface area contributed by atoms with Crippen LogP contribution in [0.25, 0.3) is 0 Å². The summed E-state index contributed by atoms with van der Waals surface area (Å²) in [4.78, 5) is 2.51. The van der Waals surface area contributed by atoms with Crippen molar-refractivity contribution in [3.63, 3.8) is 0 Å². The van der Waals surface area contributed by atoms with Gasteiger partial charge in [-0.05, 0) is 65.1 Å². The maximum atomic E-state index is 9.07. The Bertz CT molecular complexity index is 270. The fraction of sp³-hybridized carbons (Fsp3) is 0.929. The lowest BCUT2D eigenvalue weighted by atomic mass is 9.82. The average molecular weight is 236 g/mol. The first-order valence-corrected chi connectivity index (χ1v) is 6.97. The number of rotatable bonds is 4. The molecule has 2 fully saturated rings. The van der Waals surface area contributed by atoms with Crippen molar-refractivity contribution in [2.45, 2.75) is 51.6 Å². The number of hydrogen-bond acceptors (Lipinski definition) is 3. The molecular formula is C14H24N2O. The van der Waals surface area contributed by atoms with Crippen LogP contribution in [0.1, 0.15) is 45.4 Å². The average Bonchev–Trinajstić information content (AvgIpc) is 2.85. The van der Waals surface area contributed by atoms with Gasteiger partial charge in [0.15, 0.2) is 0 Å². The Hall–Kier alpha value is -0.590. The molecule has 3 heteroatoms. The Morgan fingerprint density at radius 1 is 1.41 bits per heavy atom. The van der Waals surface area contributed by atoms with E-state index in [1.165, 1.54) is 32.2 Å². The summed E-state index contributed by atoms with van der Waals surface area (Å²) in [6.07, 6.45) is 7.55. The quantitative estimate of drug-likeness (QED) is 0.752. The normalized spacial score (nSPS) is 29.1. The minimum absolute atomic E-state index is 0.0644. The lowest BCUT2D eigenvalue weighted by molar-refractivity contribution is 0.0940. The van der Waals surface area contributed by atoms with E-state index in [0.717, 1.165) is 32.5 Å². The van der Waals surface area contributed by atoms with Crippen LogP contribution in [0.5, 0.6) is 0 Å². The van der Waals surface area contributed by atoms with Crippen LogP contribution >= 0.6 is 0 Å².